The zero-order valence-corrected chi connectivity index (χ0v) is 22.3. The molecule has 1 aliphatic rings. The number of anilines is 1. The van der Waals surface area contributed by atoms with Crippen LogP contribution in [0.15, 0.2) is 40.9 Å². The summed E-state index contributed by atoms with van der Waals surface area (Å²) in [6, 6.07) is 9.05. The highest BCUT2D eigenvalue weighted by Gasteiger charge is 2.30. The molecule has 2 aromatic carbocycles. The van der Waals surface area contributed by atoms with Gasteiger partial charge in [0, 0.05) is 37.8 Å². The van der Waals surface area contributed by atoms with Crippen LogP contribution in [0.3, 0.4) is 0 Å². The van der Waals surface area contributed by atoms with E-state index in [1.807, 2.05) is 0 Å². The summed E-state index contributed by atoms with van der Waals surface area (Å²) in [7, 11) is 0. The van der Waals surface area contributed by atoms with Crippen molar-refractivity contribution in [2.24, 2.45) is 0 Å². The number of aromatic nitrogens is 2. The number of aryl methyl sites for hydroxylation is 1. The highest BCUT2D eigenvalue weighted by Crippen LogP contribution is 2.35. The Bertz CT molecular complexity index is 1410. The molecule has 4 aromatic rings. The molecule has 0 spiro atoms. The molecule has 1 saturated heterocycles. The molecular formula is C25H24Cl2F2N4O3S. The highest BCUT2D eigenvalue weighted by atomic mass is 35.5. The zero-order chi connectivity index (χ0) is 25.2. The second-order valence-electron chi connectivity index (χ2n) is 8.44. The maximum absolute atomic E-state index is 14.4. The minimum atomic E-state index is -0.772. The molecule has 7 nitrogen and oxygen atoms in total. The smallest absolute Gasteiger partial charge is 0.265 e. The van der Waals surface area contributed by atoms with Gasteiger partial charge in [-0.05, 0) is 25.5 Å². The van der Waals surface area contributed by atoms with E-state index >= 15 is 0 Å². The number of carbonyl (C=O) groups is 1. The normalized spacial score (nSPS) is 14.1. The van der Waals surface area contributed by atoms with Gasteiger partial charge in [-0.25, -0.2) is 13.8 Å². The maximum atomic E-state index is 14.4. The number of ether oxygens (including phenoxy) is 1. The third kappa shape index (κ3) is 5.78. The van der Waals surface area contributed by atoms with Gasteiger partial charge in [0.1, 0.15) is 28.4 Å². The van der Waals surface area contributed by atoms with Crippen LogP contribution in [-0.2, 0) is 4.74 Å². The Kier molecular flexibility index (Phi) is 8.76. The number of amides is 1. The van der Waals surface area contributed by atoms with Gasteiger partial charge in [-0.2, -0.15) is 0 Å². The lowest BCUT2D eigenvalue weighted by Gasteiger charge is -2.27. The molecule has 0 aliphatic carbocycles. The number of halogens is 4. The van der Waals surface area contributed by atoms with Crippen LogP contribution in [0.4, 0.5) is 13.9 Å². The average molecular weight is 569 g/mol. The lowest BCUT2D eigenvalue weighted by Crippen LogP contribution is -2.39. The molecule has 0 unspecified atom stereocenters. The Morgan fingerprint density at radius 1 is 1.22 bits per heavy atom. The summed E-state index contributed by atoms with van der Waals surface area (Å²) in [6.45, 7) is 5.70. The van der Waals surface area contributed by atoms with Crippen molar-refractivity contribution in [2.45, 2.75) is 13.3 Å². The highest BCUT2D eigenvalue weighted by molar-refractivity contribution is 7.22. The van der Waals surface area contributed by atoms with E-state index in [0.29, 0.717) is 52.9 Å². The number of hydrogen-bond donors (Lipinski definition) is 0. The fraction of sp³-hybridized carbons (Fsp3) is 0.320. The number of hydrogen-bond acceptors (Lipinski definition) is 7. The van der Waals surface area contributed by atoms with Gasteiger partial charge in [0.25, 0.3) is 5.91 Å². The van der Waals surface area contributed by atoms with Gasteiger partial charge in [-0.1, -0.05) is 46.3 Å². The number of carbonyl (C=O) groups excluding carboxylic acids is 1. The fourth-order valence-corrected chi connectivity index (χ4v) is 5.47. The van der Waals surface area contributed by atoms with Crippen LogP contribution in [0.5, 0.6) is 0 Å². The number of thiazole rings is 1. The van der Waals surface area contributed by atoms with Gasteiger partial charge in [0.2, 0.25) is 0 Å². The molecular weight excluding hydrogens is 545 g/mol. The second-order valence-corrected chi connectivity index (χ2v) is 9.85. The summed E-state index contributed by atoms with van der Waals surface area (Å²) >= 11 is 7.45. The summed E-state index contributed by atoms with van der Waals surface area (Å²) in [5.74, 6) is -1.54. The summed E-state index contributed by atoms with van der Waals surface area (Å²) in [5, 5.41) is 4.81. The lowest BCUT2D eigenvalue weighted by atomic mass is 10.1. The van der Waals surface area contributed by atoms with Gasteiger partial charge in [0.05, 0.1) is 22.9 Å². The maximum Gasteiger partial charge on any atom is 0.265 e. The first-order valence-electron chi connectivity index (χ1n) is 11.5. The fourth-order valence-electron chi connectivity index (χ4n) is 4.22. The Labute approximate surface area is 227 Å². The van der Waals surface area contributed by atoms with Crippen molar-refractivity contribution in [2.75, 3.05) is 44.3 Å². The lowest BCUT2D eigenvalue weighted by molar-refractivity contribution is 0.0376. The van der Waals surface area contributed by atoms with Crippen LogP contribution >= 0.6 is 35.3 Å². The van der Waals surface area contributed by atoms with E-state index in [2.05, 4.69) is 15.0 Å². The van der Waals surface area contributed by atoms with E-state index in [0.717, 1.165) is 37.0 Å². The SMILES string of the molecule is Cc1onc(-c2ccccc2Cl)c1C(=O)N(CCCN1CCOCC1)c1nc2c(F)cc(F)cc2s1.Cl. The van der Waals surface area contributed by atoms with E-state index in [-0.39, 0.29) is 28.6 Å². The topological polar surface area (TPSA) is 71.7 Å². The van der Waals surface area contributed by atoms with Crippen molar-refractivity contribution in [1.82, 2.24) is 15.0 Å². The third-order valence-corrected chi connectivity index (χ3v) is 7.40. The largest absolute Gasteiger partial charge is 0.379 e. The molecule has 1 aliphatic heterocycles. The van der Waals surface area contributed by atoms with Crippen molar-refractivity contribution in [3.63, 3.8) is 0 Å². The molecule has 196 valence electrons. The van der Waals surface area contributed by atoms with Gasteiger partial charge < -0.3 is 9.26 Å². The van der Waals surface area contributed by atoms with Gasteiger partial charge in [-0.15, -0.1) is 12.4 Å². The van der Waals surface area contributed by atoms with Crippen LogP contribution < -0.4 is 4.90 Å². The van der Waals surface area contributed by atoms with Crippen molar-refractivity contribution in [3.8, 4) is 11.3 Å². The first-order valence-corrected chi connectivity index (χ1v) is 12.7. The van der Waals surface area contributed by atoms with Crippen LogP contribution in [0.1, 0.15) is 22.5 Å². The van der Waals surface area contributed by atoms with Crippen LogP contribution in [0, 0.1) is 18.6 Å². The second kappa shape index (κ2) is 11.8. The first kappa shape index (κ1) is 27.4. The molecule has 0 bridgehead atoms. The average Bonchev–Trinajstić information content (AvgIpc) is 3.46. The Morgan fingerprint density at radius 2 is 1.97 bits per heavy atom. The number of rotatable bonds is 7. The quantitative estimate of drug-likeness (QED) is 0.273. The zero-order valence-electron chi connectivity index (χ0n) is 19.9. The molecule has 3 heterocycles. The van der Waals surface area contributed by atoms with Crippen LogP contribution in [0.25, 0.3) is 21.5 Å². The third-order valence-electron chi connectivity index (χ3n) is 6.04. The molecule has 12 heteroatoms. The van der Waals surface area contributed by atoms with Crippen molar-refractivity contribution < 1.29 is 22.8 Å². The van der Waals surface area contributed by atoms with Crippen molar-refractivity contribution in [1.29, 1.82) is 0 Å². The molecule has 5 rings (SSSR count). The Balaban J connectivity index is 0.00000320. The predicted molar refractivity (Wildman–Crippen MR) is 142 cm³/mol. The van der Waals surface area contributed by atoms with E-state index in [1.165, 1.54) is 11.0 Å². The summed E-state index contributed by atoms with van der Waals surface area (Å²) in [6.07, 6.45) is 0.643. The Hall–Kier alpha value is -2.63. The van der Waals surface area contributed by atoms with E-state index in [1.54, 1.807) is 31.2 Å². The van der Waals surface area contributed by atoms with Gasteiger partial charge in [-0.3, -0.25) is 14.6 Å². The summed E-state index contributed by atoms with van der Waals surface area (Å²) in [4.78, 5) is 22.1. The van der Waals surface area contributed by atoms with Crippen LogP contribution in [-0.4, -0.2) is 60.3 Å². The molecule has 0 saturated carbocycles. The number of nitrogens with zero attached hydrogens (tertiary/aromatic N) is 4. The number of benzene rings is 2. The van der Waals surface area contributed by atoms with Crippen LogP contribution in [0.2, 0.25) is 5.02 Å². The number of fused-ring (bicyclic) bond motifs is 1. The number of morpholine rings is 1. The first-order chi connectivity index (χ1) is 17.4. The van der Waals surface area contributed by atoms with E-state index in [9.17, 15) is 13.6 Å². The Morgan fingerprint density at radius 3 is 2.73 bits per heavy atom. The molecule has 0 radical (unpaired) electrons. The molecule has 0 atom stereocenters. The molecule has 37 heavy (non-hydrogen) atoms. The standard InChI is InChI=1S/C25H23ClF2N4O3S.ClH/c1-15-21(22(30-35-15)17-5-2-3-6-18(17)26)24(33)32(8-4-7-31-9-11-34-12-10-31)25-29-23-19(28)13-16(27)14-20(23)36-25;/h2-3,5-6,13-14H,4,7-12H2,1H3;1H. The van der Waals surface area contributed by atoms with Gasteiger partial charge in [0.15, 0.2) is 10.9 Å². The monoisotopic (exact) mass is 568 g/mol. The molecule has 1 amide bonds. The van der Waals surface area contributed by atoms with Gasteiger partial charge >= 0.3 is 0 Å². The van der Waals surface area contributed by atoms with E-state index in [4.69, 9.17) is 20.9 Å². The predicted octanol–water partition coefficient (Wildman–Crippen LogP) is 5.98. The van der Waals surface area contributed by atoms with Crippen molar-refractivity contribution in [3.05, 3.63) is 64.4 Å². The van der Waals surface area contributed by atoms with Crippen molar-refractivity contribution >= 4 is 56.6 Å². The molecule has 1 fully saturated rings. The summed E-state index contributed by atoms with van der Waals surface area (Å²) in [5.41, 5.74) is 1.15. The van der Waals surface area contributed by atoms with E-state index < -0.39 is 17.5 Å². The molecule has 2 aromatic heterocycles. The minimum absolute atomic E-state index is 0. The molecule has 0 N–H and O–H groups in total. The summed E-state index contributed by atoms with van der Waals surface area (Å²) < 4.78 is 39.4. The minimum Gasteiger partial charge on any atom is -0.379 e.